The Kier molecular flexibility index (Phi) is 6.57. The Morgan fingerprint density at radius 2 is 2.09 bits per heavy atom. The summed E-state index contributed by atoms with van der Waals surface area (Å²) in [6, 6.07) is 0. The van der Waals surface area contributed by atoms with E-state index in [1.807, 2.05) is 5.43 Å². The molecule has 0 rings (SSSR count). The van der Waals surface area contributed by atoms with E-state index in [2.05, 4.69) is 12.2 Å². The molecule has 0 bridgehead atoms. The Bertz CT molecular complexity index is 126. The molecule has 0 fully saturated rings. The third-order valence-electron chi connectivity index (χ3n) is 1.43. The second-order valence-corrected chi connectivity index (χ2v) is 2.44. The molecule has 0 aromatic heterocycles. The quantitative estimate of drug-likeness (QED) is 0.363. The molecule has 11 heavy (non-hydrogen) atoms. The standard InChI is InChI=1S/C7H14N2O2/c1-2-3-4-5-6-7(10)8-9-11/h2-6H2,1H3,(H,8,10,11). The van der Waals surface area contributed by atoms with Crippen molar-refractivity contribution in [2.45, 2.75) is 39.0 Å². The summed E-state index contributed by atoms with van der Waals surface area (Å²) in [6.45, 7) is 2.10. The lowest BCUT2D eigenvalue weighted by molar-refractivity contribution is -0.121. The molecule has 0 saturated carbocycles. The van der Waals surface area contributed by atoms with Crippen LogP contribution in [-0.2, 0) is 4.79 Å². The topological polar surface area (TPSA) is 58.5 Å². The highest BCUT2D eigenvalue weighted by atomic mass is 16.3. The molecular formula is C7H14N2O2. The van der Waals surface area contributed by atoms with E-state index in [0.717, 1.165) is 25.7 Å². The van der Waals surface area contributed by atoms with Crippen LogP contribution < -0.4 is 5.43 Å². The van der Waals surface area contributed by atoms with Crippen LogP contribution in [0.4, 0.5) is 0 Å². The summed E-state index contributed by atoms with van der Waals surface area (Å²) in [4.78, 5) is 20.1. The summed E-state index contributed by atoms with van der Waals surface area (Å²) >= 11 is 0. The lowest BCUT2D eigenvalue weighted by Gasteiger charge is -1.96. The molecule has 0 aliphatic carbocycles. The van der Waals surface area contributed by atoms with Gasteiger partial charge in [-0.15, -0.1) is 4.91 Å². The fourth-order valence-corrected chi connectivity index (χ4v) is 0.819. The fraction of sp³-hybridized carbons (Fsp3) is 0.857. The van der Waals surface area contributed by atoms with Crippen LogP contribution in [0.25, 0.3) is 0 Å². The third kappa shape index (κ3) is 6.96. The molecule has 0 aliphatic heterocycles. The lowest BCUT2D eigenvalue weighted by Crippen LogP contribution is -2.15. The second-order valence-electron chi connectivity index (χ2n) is 2.44. The summed E-state index contributed by atoms with van der Waals surface area (Å²) in [5, 5.41) is 2.28. The number of nitroso groups, excluding NO2 is 1. The van der Waals surface area contributed by atoms with Gasteiger partial charge >= 0.3 is 0 Å². The minimum Gasteiger partial charge on any atom is -0.273 e. The maximum atomic E-state index is 10.6. The number of nitrogens with one attached hydrogen (secondary N) is 1. The van der Waals surface area contributed by atoms with Gasteiger partial charge in [-0.3, -0.25) is 4.79 Å². The van der Waals surface area contributed by atoms with Crippen molar-refractivity contribution in [1.82, 2.24) is 5.43 Å². The lowest BCUT2D eigenvalue weighted by atomic mass is 10.1. The molecule has 0 unspecified atom stereocenters. The molecule has 4 heteroatoms. The first-order valence-corrected chi connectivity index (χ1v) is 3.92. The van der Waals surface area contributed by atoms with E-state index in [4.69, 9.17) is 0 Å². The van der Waals surface area contributed by atoms with Gasteiger partial charge in [0.25, 0.3) is 0 Å². The van der Waals surface area contributed by atoms with Crippen LogP contribution in [0, 0.1) is 4.91 Å². The molecule has 4 nitrogen and oxygen atoms in total. The van der Waals surface area contributed by atoms with Crippen molar-refractivity contribution in [3.05, 3.63) is 4.91 Å². The highest BCUT2D eigenvalue weighted by molar-refractivity contribution is 5.75. The van der Waals surface area contributed by atoms with E-state index in [1.165, 1.54) is 0 Å². The number of hydrogen-bond acceptors (Lipinski definition) is 3. The molecular weight excluding hydrogens is 144 g/mol. The van der Waals surface area contributed by atoms with E-state index in [9.17, 15) is 9.70 Å². The van der Waals surface area contributed by atoms with Crippen molar-refractivity contribution in [2.75, 3.05) is 0 Å². The largest absolute Gasteiger partial charge is 0.273 e. The fourth-order valence-electron chi connectivity index (χ4n) is 0.819. The van der Waals surface area contributed by atoms with Crippen molar-refractivity contribution in [3.63, 3.8) is 0 Å². The van der Waals surface area contributed by atoms with Gasteiger partial charge in [-0.1, -0.05) is 26.2 Å². The summed E-state index contributed by atoms with van der Waals surface area (Å²) in [6.07, 6.45) is 4.58. The highest BCUT2D eigenvalue weighted by Crippen LogP contribution is 2.01. The van der Waals surface area contributed by atoms with Crippen molar-refractivity contribution >= 4 is 5.91 Å². The number of hydrogen-bond donors (Lipinski definition) is 1. The van der Waals surface area contributed by atoms with Crippen molar-refractivity contribution < 1.29 is 4.79 Å². The van der Waals surface area contributed by atoms with Gasteiger partial charge in [-0.25, -0.2) is 5.43 Å². The predicted molar refractivity (Wildman–Crippen MR) is 42.7 cm³/mol. The normalized spacial score (nSPS) is 9.18. The van der Waals surface area contributed by atoms with Gasteiger partial charge < -0.3 is 0 Å². The molecule has 64 valence electrons. The minimum absolute atomic E-state index is 0.281. The highest BCUT2D eigenvalue weighted by Gasteiger charge is 1.98. The van der Waals surface area contributed by atoms with Gasteiger partial charge in [0, 0.05) is 6.42 Å². The molecule has 0 heterocycles. The van der Waals surface area contributed by atoms with Crippen LogP contribution in [0.1, 0.15) is 39.0 Å². The second kappa shape index (κ2) is 7.18. The maximum Gasteiger partial charge on any atom is 0.242 e. The Balaban J connectivity index is 3.10. The molecule has 1 N–H and O–H groups in total. The van der Waals surface area contributed by atoms with Crippen LogP contribution >= 0.6 is 0 Å². The first kappa shape index (κ1) is 10.1. The Labute approximate surface area is 66.3 Å². The number of unbranched alkanes of at least 4 members (excludes halogenated alkanes) is 3. The van der Waals surface area contributed by atoms with Crippen LogP contribution in [0.5, 0.6) is 0 Å². The summed E-state index contributed by atoms with van der Waals surface area (Å²) < 4.78 is 0. The molecule has 0 aromatic rings. The Morgan fingerprint density at radius 3 is 2.64 bits per heavy atom. The molecule has 0 radical (unpaired) electrons. The van der Waals surface area contributed by atoms with Gasteiger partial charge in [0.05, 0.1) is 5.29 Å². The number of carbonyl (C=O) groups excluding carboxylic acids is 1. The van der Waals surface area contributed by atoms with E-state index in [-0.39, 0.29) is 5.91 Å². The van der Waals surface area contributed by atoms with Gasteiger partial charge in [-0.05, 0) is 6.42 Å². The van der Waals surface area contributed by atoms with E-state index in [0.29, 0.717) is 6.42 Å². The SMILES string of the molecule is CCCCCCC(=O)NN=O. The van der Waals surface area contributed by atoms with Crippen molar-refractivity contribution in [3.8, 4) is 0 Å². The summed E-state index contributed by atoms with van der Waals surface area (Å²) in [5.74, 6) is -0.281. The van der Waals surface area contributed by atoms with Crippen LogP contribution in [0.3, 0.4) is 0 Å². The summed E-state index contributed by atoms with van der Waals surface area (Å²) in [7, 11) is 0. The molecule has 0 aliphatic rings. The van der Waals surface area contributed by atoms with Gasteiger partial charge in [0.15, 0.2) is 0 Å². The molecule has 0 spiro atoms. The smallest absolute Gasteiger partial charge is 0.242 e. The van der Waals surface area contributed by atoms with Crippen LogP contribution in [0.2, 0.25) is 0 Å². The van der Waals surface area contributed by atoms with Crippen LogP contribution in [-0.4, -0.2) is 5.91 Å². The molecule has 1 amide bonds. The van der Waals surface area contributed by atoms with E-state index >= 15 is 0 Å². The first-order chi connectivity index (χ1) is 5.31. The zero-order valence-corrected chi connectivity index (χ0v) is 6.80. The molecule has 0 atom stereocenters. The van der Waals surface area contributed by atoms with Crippen molar-refractivity contribution in [2.24, 2.45) is 5.29 Å². The average molecular weight is 158 g/mol. The monoisotopic (exact) mass is 158 g/mol. The summed E-state index contributed by atoms with van der Waals surface area (Å²) in [5.41, 5.74) is 1.85. The predicted octanol–water partition coefficient (Wildman–Crippen LogP) is 1.75. The number of rotatable bonds is 6. The zero-order valence-electron chi connectivity index (χ0n) is 6.80. The maximum absolute atomic E-state index is 10.6. The van der Waals surface area contributed by atoms with Gasteiger partial charge in [0.1, 0.15) is 0 Å². The number of amides is 1. The first-order valence-electron chi connectivity index (χ1n) is 3.92. The average Bonchev–Trinajstić information content (AvgIpc) is 1.99. The van der Waals surface area contributed by atoms with E-state index in [1.54, 1.807) is 0 Å². The number of carbonyl (C=O) groups is 1. The van der Waals surface area contributed by atoms with E-state index < -0.39 is 0 Å². The van der Waals surface area contributed by atoms with Gasteiger partial charge in [0.2, 0.25) is 5.91 Å². The van der Waals surface area contributed by atoms with Crippen molar-refractivity contribution in [1.29, 1.82) is 0 Å². The van der Waals surface area contributed by atoms with Crippen LogP contribution in [0.15, 0.2) is 5.29 Å². The zero-order chi connectivity index (χ0) is 8.53. The Hall–Kier alpha value is -0.930. The van der Waals surface area contributed by atoms with Gasteiger partial charge in [-0.2, -0.15) is 0 Å². The molecule has 0 aromatic carbocycles. The Morgan fingerprint density at radius 1 is 1.36 bits per heavy atom. The molecule has 0 saturated heterocycles. The number of nitrogens with zero attached hydrogens (tertiary/aromatic N) is 1. The minimum atomic E-state index is -0.281. The third-order valence-corrected chi connectivity index (χ3v) is 1.43.